The van der Waals surface area contributed by atoms with Crippen molar-refractivity contribution in [1.82, 2.24) is 4.98 Å². The summed E-state index contributed by atoms with van der Waals surface area (Å²) in [5, 5.41) is 8.57. The number of carbonyl (C=O) groups is 1. The van der Waals surface area contributed by atoms with Crippen LogP contribution >= 0.6 is 24.8 Å². The molecule has 1 aromatic heterocycles. The number of nitrogen functional groups attached to an aromatic ring is 1. The van der Waals surface area contributed by atoms with Gasteiger partial charge in [-0.2, -0.15) is 0 Å². The Kier molecular flexibility index (Phi) is 7.21. The molecule has 0 saturated carbocycles. The molecule has 1 heterocycles. The highest BCUT2D eigenvalue weighted by atomic mass is 35.5. The van der Waals surface area contributed by atoms with Gasteiger partial charge < -0.3 is 10.5 Å². The number of halogens is 2. The zero-order valence-corrected chi connectivity index (χ0v) is 8.06. The van der Waals surface area contributed by atoms with E-state index in [1.54, 1.807) is 0 Å². The lowest BCUT2D eigenvalue weighted by molar-refractivity contribution is 0.0698. The summed E-state index contributed by atoms with van der Waals surface area (Å²) in [7, 11) is 0. The van der Waals surface area contributed by atoms with Crippen LogP contribution in [0.3, 0.4) is 0 Å². The van der Waals surface area contributed by atoms with Crippen molar-refractivity contribution in [2.24, 2.45) is 5.84 Å². The number of nitrogens with zero attached hydrogens (tertiary/aromatic N) is 1. The monoisotopic (exact) mass is 225 g/mol. The van der Waals surface area contributed by atoms with Gasteiger partial charge in [0, 0.05) is 6.20 Å². The van der Waals surface area contributed by atoms with Crippen LogP contribution in [0.15, 0.2) is 18.5 Å². The summed E-state index contributed by atoms with van der Waals surface area (Å²) in [4.78, 5) is 14.2. The third-order valence-electron chi connectivity index (χ3n) is 1.21. The summed E-state index contributed by atoms with van der Waals surface area (Å²) in [6.07, 6.45) is 2.74. The van der Waals surface area contributed by atoms with Gasteiger partial charge in [0.25, 0.3) is 0 Å². The van der Waals surface area contributed by atoms with E-state index < -0.39 is 5.97 Å². The van der Waals surface area contributed by atoms with E-state index in [1.807, 2.05) is 0 Å². The predicted octanol–water partition coefficient (Wildman–Crippen LogP) is 0.909. The molecule has 13 heavy (non-hydrogen) atoms. The SMILES string of the molecule is Cl.Cl.NNc1cnccc1C(=O)O. The molecule has 0 aliphatic rings. The zero-order valence-electron chi connectivity index (χ0n) is 6.43. The maximum absolute atomic E-state index is 10.5. The maximum atomic E-state index is 10.5. The third-order valence-corrected chi connectivity index (χ3v) is 1.21. The van der Waals surface area contributed by atoms with Gasteiger partial charge in [0.05, 0.1) is 17.4 Å². The Morgan fingerprint density at radius 2 is 2.15 bits per heavy atom. The zero-order chi connectivity index (χ0) is 8.27. The minimum absolute atomic E-state index is 0. The first-order valence-electron chi connectivity index (χ1n) is 2.89. The number of carboxylic acid groups (broad SMARTS) is 1. The smallest absolute Gasteiger partial charge is 0.337 e. The molecule has 7 heteroatoms. The molecule has 74 valence electrons. The Balaban J connectivity index is 0. The average molecular weight is 226 g/mol. The highest BCUT2D eigenvalue weighted by Gasteiger charge is 2.06. The number of nitrogens with two attached hydrogens (primary N) is 1. The van der Waals surface area contributed by atoms with Crippen LogP contribution in [0.25, 0.3) is 0 Å². The van der Waals surface area contributed by atoms with Crippen molar-refractivity contribution in [3.63, 3.8) is 0 Å². The van der Waals surface area contributed by atoms with Crippen LogP contribution in [0.4, 0.5) is 5.69 Å². The van der Waals surface area contributed by atoms with E-state index in [4.69, 9.17) is 10.9 Å². The van der Waals surface area contributed by atoms with Crippen molar-refractivity contribution in [3.05, 3.63) is 24.0 Å². The number of carboxylic acids is 1. The number of anilines is 1. The van der Waals surface area contributed by atoms with E-state index >= 15 is 0 Å². The van der Waals surface area contributed by atoms with Crippen molar-refractivity contribution < 1.29 is 9.90 Å². The van der Waals surface area contributed by atoms with Crippen molar-refractivity contribution in [2.45, 2.75) is 0 Å². The number of hydrazine groups is 1. The standard InChI is InChI=1S/C6H7N3O2.2ClH/c7-9-5-3-8-2-1-4(5)6(10)11;;/h1-3,9H,7H2,(H,10,11);2*1H. The van der Waals surface area contributed by atoms with Gasteiger partial charge in [-0.25, -0.2) is 4.79 Å². The van der Waals surface area contributed by atoms with Crippen LogP contribution in [0.5, 0.6) is 0 Å². The fourth-order valence-electron chi connectivity index (χ4n) is 0.696. The second kappa shape index (κ2) is 6.47. The molecule has 0 aliphatic carbocycles. The van der Waals surface area contributed by atoms with Gasteiger partial charge in [-0.15, -0.1) is 24.8 Å². The molecule has 0 aliphatic heterocycles. The van der Waals surface area contributed by atoms with Gasteiger partial charge in [-0.3, -0.25) is 10.8 Å². The van der Waals surface area contributed by atoms with Crippen LogP contribution < -0.4 is 11.3 Å². The number of hydrogen-bond acceptors (Lipinski definition) is 4. The molecule has 0 unspecified atom stereocenters. The predicted molar refractivity (Wildman–Crippen MR) is 53.5 cm³/mol. The van der Waals surface area contributed by atoms with Gasteiger partial charge in [-0.1, -0.05) is 0 Å². The summed E-state index contributed by atoms with van der Waals surface area (Å²) < 4.78 is 0. The molecule has 0 bridgehead atoms. The summed E-state index contributed by atoms with van der Waals surface area (Å²) in [5.41, 5.74) is 2.65. The van der Waals surface area contributed by atoms with E-state index in [2.05, 4.69) is 10.4 Å². The maximum Gasteiger partial charge on any atom is 0.337 e. The van der Waals surface area contributed by atoms with Gasteiger partial charge >= 0.3 is 5.97 Å². The molecular formula is C6H9Cl2N3O2. The highest BCUT2D eigenvalue weighted by Crippen LogP contribution is 2.10. The number of aromatic nitrogens is 1. The molecule has 0 atom stereocenters. The van der Waals surface area contributed by atoms with E-state index in [0.29, 0.717) is 5.69 Å². The molecule has 0 aromatic carbocycles. The molecule has 0 saturated heterocycles. The first-order valence-corrected chi connectivity index (χ1v) is 2.89. The fraction of sp³-hybridized carbons (Fsp3) is 0. The fourth-order valence-corrected chi connectivity index (χ4v) is 0.696. The molecule has 0 spiro atoms. The normalized spacial score (nSPS) is 7.77. The van der Waals surface area contributed by atoms with Gasteiger partial charge in [0.2, 0.25) is 0 Å². The van der Waals surface area contributed by atoms with Crippen molar-refractivity contribution >= 4 is 36.5 Å². The highest BCUT2D eigenvalue weighted by molar-refractivity contribution is 5.93. The van der Waals surface area contributed by atoms with E-state index in [1.165, 1.54) is 18.5 Å². The first kappa shape index (κ1) is 14.5. The molecule has 4 N–H and O–H groups in total. The molecule has 0 amide bonds. The second-order valence-corrected chi connectivity index (χ2v) is 1.87. The van der Waals surface area contributed by atoms with Crippen LogP contribution in [-0.2, 0) is 0 Å². The minimum atomic E-state index is -1.03. The summed E-state index contributed by atoms with van der Waals surface area (Å²) >= 11 is 0. The second-order valence-electron chi connectivity index (χ2n) is 1.87. The lowest BCUT2D eigenvalue weighted by Crippen LogP contribution is -2.11. The Bertz CT molecular complexity index is 282. The molecule has 0 fully saturated rings. The largest absolute Gasteiger partial charge is 0.478 e. The number of nitrogens with one attached hydrogen (secondary N) is 1. The van der Waals surface area contributed by atoms with Crippen LogP contribution in [-0.4, -0.2) is 16.1 Å². The molecule has 0 radical (unpaired) electrons. The topological polar surface area (TPSA) is 88.2 Å². The van der Waals surface area contributed by atoms with E-state index in [-0.39, 0.29) is 30.4 Å². The number of aromatic carboxylic acids is 1. The van der Waals surface area contributed by atoms with Gasteiger partial charge in [-0.05, 0) is 6.07 Å². The molecule has 1 aromatic rings. The van der Waals surface area contributed by atoms with Crippen molar-refractivity contribution in [1.29, 1.82) is 0 Å². The van der Waals surface area contributed by atoms with Gasteiger partial charge in [0.15, 0.2) is 0 Å². The van der Waals surface area contributed by atoms with Crippen molar-refractivity contribution in [2.75, 3.05) is 5.43 Å². The quantitative estimate of drug-likeness (QED) is 0.515. The Morgan fingerprint density at radius 1 is 1.54 bits per heavy atom. The number of hydrogen-bond donors (Lipinski definition) is 3. The summed E-state index contributed by atoms with van der Waals surface area (Å²) in [6.45, 7) is 0. The van der Waals surface area contributed by atoms with Gasteiger partial charge in [0.1, 0.15) is 0 Å². The Morgan fingerprint density at radius 3 is 2.54 bits per heavy atom. The third kappa shape index (κ3) is 3.45. The Hall–Kier alpha value is -1.04. The van der Waals surface area contributed by atoms with E-state index in [9.17, 15) is 4.79 Å². The molecule has 5 nitrogen and oxygen atoms in total. The van der Waals surface area contributed by atoms with Crippen LogP contribution in [0.2, 0.25) is 0 Å². The van der Waals surface area contributed by atoms with Crippen molar-refractivity contribution in [3.8, 4) is 0 Å². The van der Waals surface area contributed by atoms with Crippen LogP contribution in [0.1, 0.15) is 10.4 Å². The Labute approximate surface area is 87.1 Å². The molecular weight excluding hydrogens is 217 g/mol. The van der Waals surface area contributed by atoms with Crippen LogP contribution in [0, 0.1) is 0 Å². The summed E-state index contributed by atoms with van der Waals surface area (Å²) in [5.74, 6) is 4.01. The van der Waals surface area contributed by atoms with E-state index in [0.717, 1.165) is 0 Å². The average Bonchev–Trinajstić information content (AvgIpc) is 2.04. The lowest BCUT2D eigenvalue weighted by atomic mass is 10.2. The lowest BCUT2D eigenvalue weighted by Gasteiger charge is -2.01. The summed E-state index contributed by atoms with van der Waals surface area (Å²) in [6, 6.07) is 1.37. The minimum Gasteiger partial charge on any atom is -0.478 e. The molecule has 1 rings (SSSR count). The number of pyridine rings is 1. The first-order chi connectivity index (χ1) is 5.25. The number of rotatable bonds is 2.